The van der Waals surface area contributed by atoms with Gasteiger partial charge in [0.1, 0.15) is 17.1 Å². The van der Waals surface area contributed by atoms with E-state index in [-0.39, 0.29) is 23.8 Å². The monoisotopic (exact) mass is 359 g/mol. The van der Waals surface area contributed by atoms with Crippen molar-refractivity contribution in [2.24, 2.45) is 13.0 Å². The van der Waals surface area contributed by atoms with Gasteiger partial charge >= 0.3 is 0 Å². The molecule has 0 unspecified atom stereocenters. The van der Waals surface area contributed by atoms with Crippen molar-refractivity contribution in [3.05, 3.63) is 35.2 Å². The molecule has 26 heavy (non-hydrogen) atoms. The highest BCUT2D eigenvalue weighted by Gasteiger charge is 2.42. The van der Waals surface area contributed by atoms with Crippen LogP contribution >= 0.6 is 0 Å². The first-order chi connectivity index (χ1) is 12.5. The SMILES string of the molecule is CCc1onc(C)c1C(=O)NC[C@@H]1CC(=O)N(CC)[C@H]1c1nccn1C. The molecule has 8 heteroatoms. The molecule has 1 N–H and O–H groups in total. The average Bonchev–Trinajstić information content (AvgIpc) is 3.29. The first kappa shape index (κ1) is 18.2. The van der Waals surface area contributed by atoms with E-state index in [4.69, 9.17) is 4.52 Å². The zero-order chi connectivity index (χ0) is 18.8. The summed E-state index contributed by atoms with van der Waals surface area (Å²) in [5, 5.41) is 6.85. The van der Waals surface area contributed by atoms with Crippen LogP contribution in [0, 0.1) is 12.8 Å². The Hall–Kier alpha value is -2.64. The molecule has 2 amide bonds. The summed E-state index contributed by atoms with van der Waals surface area (Å²) >= 11 is 0. The Bertz CT molecular complexity index is 810. The number of likely N-dealkylation sites (tertiary alicyclic amines) is 1. The van der Waals surface area contributed by atoms with Crippen molar-refractivity contribution < 1.29 is 14.1 Å². The third-order valence-electron chi connectivity index (χ3n) is 5.01. The zero-order valence-corrected chi connectivity index (χ0v) is 15.7. The van der Waals surface area contributed by atoms with Crippen LogP contribution < -0.4 is 5.32 Å². The van der Waals surface area contributed by atoms with Crippen LogP contribution in [0.15, 0.2) is 16.9 Å². The molecule has 2 atom stereocenters. The number of amides is 2. The number of imidazole rings is 1. The Balaban J connectivity index is 1.77. The van der Waals surface area contributed by atoms with E-state index < -0.39 is 0 Å². The summed E-state index contributed by atoms with van der Waals surface area (Å²) in [7, 11) is 1.92. The van der Waals surface area contributed by atoms with Crippen LogP contribution in [0.2, 0.25) is 0 Å². The maximum atomic E-state index is 12.6. The average molecular weight is 359 g/mol. The van der Waals surface area contributed by atoms with E-state index in [1.165, 1.54) is 0 Å². The minimum atomic E-state index is -0.207. The van der Waals surface area contributed by atoms with E-state index in [0.717, 1.165) is 5.82 Å². The van der Waals surface area contributed by atoms with Crippen LogP contribution in [0.25, 0.3) is 0 Å². The van der Waals surface area contributed by atoms with E-state index >= 15 is 0 Å². The molecule has 0 aromatic carbocycles. The lowest BCUT2D eigenvalue weighted by Gasteiger charge is -2.27. The number of hydrogen-bond acceptors (Lipinski definition) is 5. The van der Waals surface area contributed by atoms with Gasteiger partial charge in [-0.15, -0.1) is 0 Å². The maximum absolute atomic E-state index is 12.6. The molecule has 140 valence electrons. The van der Waals surface area contributed by atoms with Crippen molar-refractivity contribution in [1.82, 2.24) is 24.9 Å². The molecule has 3 heterocycles. The van der Waals surface area contributed by atoms with Gasteiger partial charge in [-0.05, 0) is 13.8 Å². The second-order valence-electron chi connectivity index (χ2n) is 6.61. The van der Waals surface area contributed by atoms with E-state index in [1.807, 2.05) is 36.6 Å². The topological polar surface area (TPSA) is 93.3 Å². The Kier molecular flexibility index (Phi) is 5.11. The highest BCUT2D eigenvalue weighted by atomic mass is 16.5. The number of aryl methyl sites for hydroxylation is 3. The number of carbonyl (C=O) groups is 2. The lowest BCUT2D eigenvalue weighted by Crippen LogP contribution is -2.35. The fraction of sp³-hybridized carbons (Fsp3) is 0.556. The van der Waals surface area contributed by atoms with E-state index in [2.05, 4.69) is 15.5 Å². The van der Waals surface area contributed by atoms with Crippen LogP contribution in [0.4, 0.5) is 0 Å². The lowest BCUT2D eigenvalue weighted by molar-refractivity contribution is -0.128. The van der Waals surface area contributed by atoms with Gasteiger partial charge in [-0.2, -0.15) is 0 Å². The third kappa shape index (κ3) is 3.11. The predicted octanol–water partition coefficient (Wildman–Crippen LogP) is 1.62. The van der Waals surface area contributed by atoms with Crippen molar-refractivity contribution in [2.75, 3.05) is 13.1 Å². The Labute approximate surface area is 152 Å². The van der Waals surface area contributed by atoms with Crippen LogP contribution in [0.5, 0.6) is 0 Å². The molecule has 1 aliphatic rings. The van der Waals surface area contributed by atoms with Gasteiger partial charge < -0.3 is 19.3 Å². The number of aromatic nitrogens is 3. The lowest BCUT2D eigenvalue weighted by atomic mass is 9.99. The summed E-state index contributed by atoms with van der Waals surface area (Å²) in [5.74, 6) is 1.28. The molecule has 8 nitrogen and oxygen atoms in total. The third-order valence-corrected chi connectivity index (χ3v) is 5.01. The standard InChI is InChI=1S/C18H25N5O3/c1-5-13-15(11(3)21-26-13)18(25)20-10-12-9-14(24)23(6-2)16(12)17-19-7-8-22(17)4/h7-8,12,16H,5-6,9-10H2,1-4H3,(H,20,25)/t12-,16+/m0/s1. The fourth-order valence-corrected chi connectivity index (χ4v) is 3.69. The Morgan fingerprint density at radius 1 is 1.42 bits per heavy atom. The summed E-state index contributed by atoms with van der Waals surface area (Å²) in [4.78, 5) is 31.3. The van der Waals surface area contributed by atoms with Crippen molar-refractivity contribution in [3.63, 3.8) is 0 Å². The molecular formula is C18H25N5O3. The number of rotatable bonds is 6. The second kappa shape index (κ2) is 7.31. The Morgan fingerprint density at radius 3 is 2.81 bits per heavy atom. The molecule has 3 rings (SSSR count). The molecule has 0 saturated carbocycles. The van der Waals surface area contributed by atoms with Crippen molar-refractivity contribution in [2.45, 2.75) is 39.7 Å². The van der Waals surface area contributed by atoms with E-state index in [1.54, 1.807) is 13.1 Å². The summed E-state index contributed by atoms with van der Waals surface area (Å²) in [6.07, 6.45) is 4.60. The van der Waals surface area contributed by atoms with Crippen LogP contribution in [0.3, 0.4) is 0 Å². The van der Waals surface area contributed by atoms with Gasteiger partial charge in [0.05, 0.1) is 11.7 Å². The van der Waals surface area contributed by atoms with Crippen molar-refractivity contribution in [1.29, 1.82) is 0 Å². The smallest absolute Gasteiger partial charge is 0.256 e. The molecule has 1 aliphatic heterocycles. The molecule has 2 aromatic rings. The number of carbonyl (C=O) groups excluding carboxylic acids is 2. The van der Waals surface area contributed by atoms with Gasteiger partial charge in [0.15, 0.2) is 0 Å². The van der Waals surface area contributed by atoms with Gasteiger partial charge in [-0.3, -0.25) is 9.59 Å². The van der Waals surface area contributed by atoms with Gasteiger partial charge in [0, 0.05) is 51.3 Å². The molecule has 1 fully saturated rings. The van der Waals surface area contributed by atoms with Crippen molar-refractivity contribution >= 4 is 11.8 Å². The van der Waals surface area contributed by atoms with Gasteiger partial charge in [-0.1, -0.05) is 12.1 Å². The highest BCUT2D eigenvalue weighted by Crippen LogP contribution is 2.36. The molecular weight excluding hydrogens is 334 g/mol. The summed E-state index contributed by atoms with van der Waals surface area (Å²) in [6, 6.07) is -0.137. The van der Waals surface area contributed by atoms with Crippen LogP contribution in [-0.4, -0.2) is 44.5 Å². The van der Waals surface area contributed by atoms with Crippen LogP contribution in [-0.2, 0) is 18.3 Å². The molecule has 0 aliphatic carbocycles. The molecule has 0 spiro atoms. The maximum Gasteiger partial charge on any atom is 0.256 e. The molecule has 0 radical (unpaired) electrons. The number of nitrogens with zero attached hydrogens (tertiary/aromatic N) is 4. The quantitative estimate of drug-likeness (QED) is 0.846. The molecule has 2 aromatic heterocycles. The normalized spacial score (nSPS) is 20.0. The summed E-state index contributed by atoms with van der Waals surface area (Å²) < 4.78 is 7.13. The van der Waals surface area contributed by atoms with E-state index in [0.29, 0.717) is 42.9 Å². The predicted molar refractivity (Wildman–Crippen MR) is 94.4 cm³/mol. The minimum absolute atomic E-state index is 0.0299. The van der Waals surface area contributed by atoms with Crippen molar-refractivity contribution in [3.8, 4) is 0 Å². The largest absolute Gasteiger partial charge is 0.360 e. The first-order valence-corrected chi connectivity index (χ1v) is 8.97. The molecule has 1 saturated heterocycles. The first-order valence-electron chi connectivity index (χ1n) is 8.97. The van der Waals surface area contributed by atoms with Gasteiger partial charge in [0.2, 0.25) is 5.91 Å². The Morgan fingerprint density at radius 2 is 2.19 bits per heavy atom. The summed E-state index contributed by atoms with van der Waals surface area (Å²) in [6.45, 7) is 6.65. The van der Waals surface area contributed by atoms with E-state index in [9.17, 15) is 9.59 Å². The number of nitrogens with one attached hydrogen (secondary N) is 1. The highest BCUT2D eigenvalue weighted by molar-refractivity contribution is 5.96. The molecule has 0 bridgehead atoms. The second-order valence-corrected chi connectivity index (χ2v) is 6.61. The number of hydrogen-bond donors (Lipinski definition) is 1. The zero-order valence-electron chi connectivity index (χ0n) is 15.7. The minimum Gasteiger partial charge on any atom is -0.360 e. The van der Waals surface area contributed by atoms with Crippen LogP contribution in [0.1, 0.15) is 53.9 Å². The summed E-state index contributed by atoms with van der Waals surface area (Å²) in [5.41, 5.74) is 1.08. The van der Waals surface area contributed by atoms with Gasteiger partial charge in [-0.25, -0.2) is 4.98 Å². The van der Waals surface area contributed by atoms with Gasteiger partial charge in [0.25, 0.3) is 5.91 Å². The fourth-order valence-electron chi connectivity index (χ4n) is 3.69.